The average Bonchev–Trinajstić information content (AvgIpc) is 2.81. The van der Waals surface area contributed by atoms with Gasteiger partial charge in [-0.25, -0.2) is 0 Å². The van der Waals surface area contributed by atoms with Crippen LogP contribution in [-0.2, 0) is 9.09 Å². The zero-order valence-electron chi connectivity index (χ0n) is 13.1. The molecule has 112 valence electrons. The molecule has 0 aliphatic heterocycles. The molecule has 0 aromatic carbocycles. The van der Waals surface area contributed by atoms with Crippen LogP contribution in [0.5, 0.6) is 0 Å². The molecule has 0 spiro atoms. The van der Waals surface area contributed by atoms with Gasteiger partial charge in [-0.1, -0.05) is 40.0 Å². The summed E-state index contributed by atoms with van der Waals surface area (Å²) in [5.74, 6) is 1.97. The highest BCUT2D eigenvalue weighted by Gasteiger charge is 2.39. The molecule has 0 N–H and O–H groups in total. The van der Waals surface area contributed by atoms with Crippen molar-refractivity contribution in [3.63, 3.8) is 0 Å². The molecule has 4 atom stereocenters. The van der Waals surface area contributed by atoms with Gasteiger partial charge >= 0.3 is 0 Å². The van der Waals surface area contributed by atoms with Gasteiger partial charge in [-0.2, -0.15) is 0 Å². The van der Waals surface area contributed by atoms with Crippen LogP contribution in [0.2, 0.25) is 0 Å². The van der Waals surface area contributed by atoms with E-state index in [0.29, 0.717) is 17.5 Å². The van der Waals surface area contributed by atoms with E-state index in [2.05, 4.69) is 20.8 Å². The minimum absolute atomic E-state index is 0.236. The van der Waals surface area contributed by atoms with Crippen LogP contribution in [0.4, 0.5) is 0 Å². The third-order valence-corrected chi connectivity index (χ3v) is 7.83. The lowest BCUT2D eigenvalue weighted by Crippen LogP contribution is -2.34. The normalized spacial score (nSPS) is 36.6. The van der Waals surface area contributed by atoms with E-state index in [1.54, 1.807) is 0 Å². The Labute approximate surface area is 119 Å². The van der Waals surface area contributed by atoms with E-state index in [1.807, 2.05) is 6.66 Å². The van der Waals surface area contributed by atoms with Gasteiger partial charge in [0.25, 0.3) is 0 Å². The van der Waals surface area contributed by atoms with Crippen molar-refractivity contribution in [3.8, 4) is 0 Å². The Hall–Kier alpha value is 0.190. The van der Waals surface area contributed by atoms with Crippen molar-refractivity contribution < 1.29 is 9.09 Å². The van der Waals surface area contributed by atoms with Gasteiger partial charge in [-0.3, -0.25) is 4.57 Å². The first-order valence-electron chi connectivity index (χ1n) is 8.15. The Bertz CT molecular complexity index is 334. The molecule has 0 heterocycles. The molecule has 2 fully saturated rings. The second kappa shape index (κ2) is 6.31. The summed E-state index contributed by atoms with van der Waals surface area (Å²) >= 11 is 0. The van der Waals surface area contributed by atoms with E-state index < -0.39 is 7.37 Å². The average molecular weight is 286 g/mol. The molecular weight excluding hydrogens is 255 g/mol. The van der Waals surface area contributed by atoms with Crippen LogP contribution in [0.3, 0.4) is 0 Å². The van der Waals surface area contributed by atoms with Crippen molar-refractivity contribution in [1.82, 2.24) is 0 Å². The molecule has 2 aliphatic rings. The van der Waals surface area contributed by atoms with Gasteiger partial charge in [0.2, 0.25) is 7.37 Å². The first-order valence-corrected chi connectivity index (χ1v) is 10.3. The molecule has 0 bridgehead atoms. The summed E-state index contributed by atoms with van der Waals surface area (Å²) in [6.45, 7) is 8.78. The van der Waals surface area contributed by atoms with Crippen LogP contribution in [0.1, 0.15) is 65.7 Å². The maximum atomic E-state index is 12.9. The largest absolute Gasteiger partial charge is 0.325 e. The summed E-state index contributed by atoms with van der Waals surface area (Å²) in [6.07, 6.45) is 8.59. The quantitative estimate of drug-likeness (QED) is 0.654. The first kappa shape index (κ1) is 15.6. The summed E-state index contributed by atoms with van der Waals surface area (Å²) in [5.41, 5.74) is 0.345. The van der Waals surface area contributed by atoms with E-state index >= 15 is 0 Å². The van der Waals surface area contributed by atoms with E-state index in [0.717, 1.165) is 25.2 Å². The summed E-state index contributed by atoms with van der Waals surface area (Å²) in [4.78, 5) is 0. The van der Waals surface area contributed by atoms with Crippen LogP contribution in [0.15, 0.2) is 0 Å². The van der Waals surface area contributed by atoms with Crippen LogP contribution < -0.4 is 0 Å². The van der Waals surface area contributed by atoms with E-state index in [4.69, 9.17) is 4.52 Å². The molecule has 2 rings (SSSR count). The van der Waals surface area contributed by atoms with Crippen molar-refractivity contribution in [1.29, 1.82) is 0 Å². The van der Waals surface area contributed by atoms with Crippen LogP contribution in [-0.4, -0.2) is 18.4 Å². The standard InChI is InChI=1S/C16H31O2P/c1-12(2)15-10-9-13(3)11-16(15)18-19(4,17)14-7-5-6-8-14/h12-16H,5-11H2,1-4H3. The topological polar surface area (TPSA) is 26.3 Å². The fourth-order valence-corrected chi connectivity index (χ4v) is 6.22. The van der Waals surface area contributed by atoms with Crippen LogP contribution in [0, 0.1) is 17.8 Å². The Morgan fingerprint density at radius 3 is 2.32 bits per heavy atom. The van der Waals surface area contributed by atoms with Gasteiger partial charge in [-0.15, -0.1) is 0 Å². The third-order valence-electron chi connectivity index (χ3n) is 5.29. The van der Waals surface area contributed by atoms with Gasteiger partial charge in [0, 0.05) is 12.3 Å². The van der Waals surface area contributed by atoms with Crippen molar-refractivity contribution >= 4 is 7.37 Å². The maximum Gasteiger partial charge on any atom is 0.203 e. The number of hydrogen-bond donors (Lipinski definition) is 0. The molecule has 0 amide bonds. The molecule has 0 saturated heterocycles. The highest BCUT2D eigenvalue weighted by molar-refractivity contribution is 7.58. The molecule has 2 saturated carbocycles. The Morgan fingerprint density at radius 1 is 1.11 bits per heavy atom. The van der Waals surface area contributed by atoms with Gasteiger partial charge in [0.1, 0.15) is 0 Å². The molecule has 4 unspecified atom stereocenters. The van der Waals surface area contributed by atoms with Gasteiger partial charge in [0.05, 0.1) is 6.10 Å². The smallest absolute Gasteiger partial charge is 0.203 e. The molecule has 3 heteroatoms. The van der Waals surface area contributed by atoms with E-state index in [1.165, 1.54) is 25.7 Å². The molecule has 0 radical (unpaired) electrons. The third kappa shape index (κ3) is 3.85. The highest BCUT2D eigenvalue weighted by atomic mass is 31.2. The fourth-order valence-electron chi connectivity index (χ4n) is 3.96. The van der Waals surface area contributed by atoms with Gasteiger partial charge < -0.3 is 4.52 Å². The molecular formula is C16H31O2P. The lowest BCUT2D eigenvalue weighted by atomic mass is 9.75. The predicted molar refractivity (Wildman–Crippen MR) is 82.0 cm³/mol. The monoisotopic (exact) mass is 286 g/mol. The number of hydrogen-bond acceptors (Lipinski definition) is 2. The Balaban J connectivity index is 2.03. The molecule has 19 heavy (non-hydrogen) atoms. The predicted octanol–water partition coefficient (Wildman–Crippen LogP) is 5.31. The lowest BCUT2D eigenvalue weighted by Gasteiger charge is -2.39. The molecule has 2 nitrogen and oxygen atoms in total. The van der Waals surface area contributed by atoms with Crippen LogP contribution in [0.25, 0.3) is 0 Å². The number of rotatable bonds is 4. The zero-order chi connectivity index (χ0) is 14.0. The highest BCUT2D eigenvalue weighted by Crippen LogP contribution is 2.57. The summed E-state index contributed by atoms with van der Waals surface area (Å²) in [6, 6.07) is 0. The lowest BCUT2D eigenvalue weighted by molar-refractivity contribution is 0.0477. The Kier molecular flexibility index (Phi) is 5.17. The maximum absolute atomic E-state index is 12.9. The minimum atomic E-state index is -2.41. The van der Waals surface area contributed by atoms with Crippen LogP contribution >= 0.6 is 7.37 Å². The zero-order valence-corrected chi connectivity index (χ0v) is 14.0. The first-order chi connectivity index (χ1) is 8.90. The van der Waals surface area contributed by atoms with Gasteiger partial charge in [0.15, 0.2) is 0 Å². The molecule has 0 aromatic rings. The van der Waals surface area contributed by atoms with E-state index in [9.17, 15) is 4.57 Å². The van der Waals surface area contributed by atoms with Gasteiger partial charge in [-0.05, 0) is 43.4 Å². The second-order valence-electron chi connectivity index (χ2n) is 7.32. The minimum Gasteiger partial charge on any atom is -0.325 e. The fraction of sp³-hybridized carbons (Fsp3) is 1.00. The molecule has 0 aromatic heterocycles. The van der Waals surface area contributed by atoms with Crippen molar-refractivity contribution in [2.45, 2.75) is 77.5 Å². The Morgan fingerprint density at radius 2 is 1.74 bits per heavy atom. The molecule has 2 aliphatic carbocycles. The van der Waals surface area contributed by atoms with Crippen molar-refractivity contribution in [3.05, 3.63) is 0 Å². The van der Waals surface area contributed by atoms with Crippen molar-refractivity contribution in [2.75, 3.05) is 6.66 Å². The summed E-state index contributed by atoms with van der Waals surface area (Å²) in [5, 5.41) is 0. The summed E-state index contributed by atoms with van der Waals surface area (Å²) < 4.78 is 19.2. The second-order valence-corrected chi connectivity index (χ2v) is 10.1. The van der Waals surface area contributed by atoms with E-state index in [-0.39, 0.29) is 6.10 Å². The van der Waals surface area contributed by atoms with Crippen molar-refractivity contribution in [2.24, 2.45) is 17.8 Å². The summed E-state index contributed by atoms with van der Waals surface area (Å²) in [7, 11) is -2.41. The SMILES string of the molecule is CC1CCC(C(C)C)C(OP(C)(=O)C2CCCC2)C1.